The Morgan fingerprint density at radius 3 is 1.84 bits per heavy atom. The van der Waals surface area contributed by atoms with E-state index in [0.29, 0.717) is 0 Å². The van der Waals surface area contributed by atoms with Crippen molar-refractivity contribution >= 4 is 71.4 Å². The van der Waals surface area contributed by atoms with Gasteiger partial charge in [-0.15, -0.1) is 0 Å². The quantitative estimate of drug-likeness (QED) is 0.183. The summed E-state index contributed by atoms with van der Waals surface area (Å²) in [6.07, 6.45) is 0. The van der Waals surface area contributed by atoms with Crippen molar-refractivity contribution in [3.63, 3.8) is 0 Å². The third kappa shape index (κ3) is 4.37. The van der Waals surface area contributed by atoms with Crippen LogP contribution < -0.4 is 4.90 Å². The molecular formula is C47H33N3. The largest absolute Gasteiger partial charge is 0.344 e. The van der Waals surface area contributed by atoms with Gasteiger partial charge in [-0.2, -0.15) is 0 Å². The van der Waals surface area contributed by atoms with Gasteiger partial charge in [0.15, 0.2) is 0 Å². The van der Waals surface area contributed by atoms with E-state index in [-0.39, 0.29) is 0 Å². The first-order valence-corrected chi connectivity index (χ1v) is 17.2. The van der Waals surface area contributed by atoms with Gasteiger partial charge in [-0.05, 0) is 94.7 Å². The van der Waals surface area contributed by atoms with E-state index < -0.39 is 0 Å². The minimum atomic E-state index is 1.11. The number of hydrogen-bond donors (Lipinski definition) is 0. The van der Waals surface area contributed by atoms with Crippen molar-refractivity contribution in [1.82, 2.24) is 9.13 Å². The van der Waals surface area contributed by atoms with Gasteiger partial charge in [-0.25, -0.2) is 0 Å². The summed E-state index contributed by atoms with van der Waals surface area (Å²) in [5.41, 5.74) is 11.8. The third-order valence-corrected chi connectivity index (χ3v) is 10.3. The maximum Gasteiger partial charge on any atom is 0.0561 e. The summed E-state index contributed by atoms with van der Waals surface area (Å²) in [5, 5.41) is 7.51. The summed E-state index contributed by atoms with van der Waals surface area (Å²) in [7, 11) is 2.17. The van der Waals surface area contributed by atoms with Crippen LogP contribution in [-0.2, 0) is 7.05 Å². The number of aryl methyl sites for hydroxylation is 1. The van der Waals surface area contributed by atoms with Crippen LogP contribution in [0.4, 0.5) is 17.1 Å². The molecule has 0 atom stereocenters. The predicted octanol–water partition coefficient (Wildman–Crippen LogP) is 12.7. The van der Waals surface area contributed by atoms with Gasteiger partial charge < -0.3 is 14.0 Å². The standard InChI is InChI=1S/C47H33N3/c1-48-44-27-23-33(39-21-12-14-32-13-8-9-19-38(32)39)29-42(44)43-30-36(25-28-45(43)48)49(34-15-4-2-5-16-34)37-24-26-41-40-20-10-11-22-46(40)50(47(41)31-37)35-17-6-3-7-18-35/h2-31H,1H3. The second-order valence-corrected chi connectivity index (χ2v) is 13.1. The van der Waals surface area contributed by atoms with E-state index in [1.54, 1.807) is 0 Å². The van der Waals surface area contributed by atoms with Gasteiger partial charge in [0.25, 0.3) is 0 Å². The zero-order valence-electron chi connectivity index (χ0n) is 27.7. The summed E-state index contributed by atoms with van der Waals surface area (Å²) >= 11 is 0. The molecule has 0 unspecified atom stereocenters. The molecule has 0 saturated heterocycles. The number of para-hydroxylation sites is 3. The summed E-state index contributed by atoms with van der Waals surface area (Å²) in [6.45, 7) is 0. The van der Waals surface area contributed by atoms with Gasteiger partial charge in [0.1, 0.15) is 0 Å². The molecule has 236 valence electrons. The minimum absolute atomic E-state index is 1.11. The number of nitrogens with zero attached hydrogens (tertiary/aromatic N) is 3. The van der Waals surface area contributed by atoms with Crippen LogP contribution >= 0.6 is 0 Å². The molecule has 10 aromatic rings. The van der Waals surface area contributed by atoms with Gasteiger partial charge >= 0.3 is 0 Å². The number of anilines is 3. The highest BCUT2D eigenvalue weighted by Gasteiger charge is 2.19. The monoisotopic (exact) mass is 639 g/mol. The van der Waals surface area contributed by atoms with Crippen molar-refractivity contribution < 1.29 is 0 Å². The fourth-order valence-electron chi connectivity index (χ4n) is 7.97. The lowest BCUT2D eigenvalue weighted by Crippen LogP contribution is -2.10. The number of aromatic nitrogens is 2. The molecule has 50 heavy (non-hydrogen) atoms. The lowest BCUT2D eigenvalue weighted by Gasteiger charge is -2.26. The van der Waals surface area contributed by atoms with E-state index in [1.165, 1.54) is 65.5 Å². The highest BCUT2D eigenvalue weighted by Crippen LogP contribution is 2.42. The van der Waals surface area contributed by atoms with Gasteiger partial charge in [-0.1, -0.05) is 109 Å². The van der Waals surface area contributed by atoms with Crippen LogP contribution in [0, 0.1) is 0 Å². The number of rotatable bonds is 5. The summed E-state index contributed by atoms with van der Waals surface area (Å²) in [4.78, 5) is 2.39. The molecule has 0 aliphatic heterocycles. The van der Waals surface area contributed by atoms with E-state index in [4.69, 9.17) is 0 Å². The molecule has 0 amide bonds. The molecule has 10 rings (SSSR count). The summed E-state index contributed by atoms with van der Waals surface area (Å²) < 4.78 is 4.71. The molecule has 0 N–H and O–H groups in total. The molecule has 0 saturated carbocycles. The molecule has 2 aromatic heterocycles. The summed E-state index contributed by atoms with van der Waals surface area (Å²) in [5.74, 6) is 0. The topological polar surface area (TPSA) is 13.1 Å². The van der Waals surface area contributed by atoms with E-state index in [2.05, 4.69) is 203 Å². The van der Waals surface area contributed by atoms with Crippen LogP contribution in [0.25, 0.3) is 71.2 Å². The SMILES string of the molecule is Cn1c2ccc(-c3cccc4ccccc34)cc2c2cc(N(c3ccccc3)c3ccc4c5ccccc5n(-c5ccccc5)c4c3)ccc21. The smallest absolute Gasteiger partial charge is 0.0561 e. The van der Waals surface area contributed by atoms with Gasteiger partial charge in [0.2, 0.25) is 0 Å². The number of fused-ring (bicyclic) bond motifs is 7. The van der Waals surface area contributed by atoms with E-state index in [1.807, 2.05) is 0 Å². The predicted molar refractivity (Wildman–Crippen MR) is 212 cm³/mol. The molecule has 0 radical (unpaired) electrons. The average Bonchev–Trinajstić information content (AvgIpc) is 3.66. The lowest BCUT2D eigenvalue weighted by molar-refractivity contribution is 1.01. The van der Waals surface area contributed by atoms with Crippen molar-refractivity contribution in [3.05, 3.63) is 182 Å². The van der Waals surface area contributed by atoms with Gasteiger partial charge in [-0.3, -0.25) is 0 Å². The molecule has 0 fully saturated rings. The molecule has 0 spiro atoms. The van der Waals surface area contributed by atoms with Crippen molar-refractivity contribution in [1.29, 1.82) is 0 Å². The van der Waals surface area contributed by atoms with Crippen molar-refractivity contribution in [2.24, 2.45) is 7.05 Å². The van der Waals surface area contributed by atoms with Crippen LogP contribution in [0.5, 0.6) is 0 Å². The molecular weight excluding hydrogens is 607 g/mol. The Bertz CT molecular complexity index is 2870. The van der Waals surface area contributed by atoms with Crippen LogP contribution in [0.3, 0.4) is 0 Å². The average molecular weight is 640 g/mol. The third-order valence-electron chi connectivity index (χ3n) is 10.3. The van der Waals surface area contributed by atoms with Gasteiger partial charge in [0.05, 0.1) is 11.0 Å². The van der Waals surface area contributed by atoms with Crippen LogP contribution in [0.1, 0.15) is 0 Å². The van der Waals surface area contributed by atoms with Gasteiger partial charge in [0, 0.05) is 62.4 Å². The Hall–Kier alpha value is -6.58. The number of hydrogen-bond acceptors (Lipinski definition) is 1. The Morgan fingerprint density at radius 2 is 1.00 bits per heavy atom. The van der Waals surface area contributed by atoms with E-state index in [0.717, 1.165) is 22.7 Å². The number of benzene rings is 8. The lowest BCUT2D eigenvalue weighted by atomic mass is 9.97. The first-order valence-electron chi connectivity index (χ1n) is 17.2. The van der Waals surface area contributed by atoms with E-state index in [9.17, 15) is 0 Å². The Labute approximate surface area is 290 Å². The first kappa shape index (κ1) is 28.4. The Balaban J connectivity index is 1.19. The molecule has 0 aliphatic carbocycles. The fraction of sp³-hybridized carbons (Fsp3) is 0.0213. The second kappa shape index (κ2) is 11.3. The van der Waals surface area contributed by atoms with Crippen molar-refractivity contribution in [2.45, 2.75) is 0 Å². The molecule has 0 aliphatic rings. The highest BCUT2D eigenvalue weighted by molar-refractivity contribution is 6.13. The Morgan fingerprint density at radius 1 is 0.380 bits per heavy atom. The van der Waals surface area contributed by atoms with Crippen molar-refractivity contribution in [3.8, 4) is 16.8 Å². The first-order chi connectivity index (χ1) is 24.7. The molecule has 2 heterocycles. The minimum Gasteiger partial charge on any atom is -0.344 e. The van der Waals surface area contributed by atoms with E-state index >= 15 is 0 Å². The molecule has 8 aromatic carbocycles. The molecule has 0 bridgehead atoms. The maximum absolute atomic E-state index is 2.39. The zero-order valence-corrected chi connectivity index (χ0v) is 27.7. The zero-order chi connectivity index (χ0) is 33.2. The maximum atomic E-state index is 2.39. The van der Waals surface area contributed by atoms with Crippen LogP contribution in [0.15, 0.2) is 182 Å². The second-order valence-electron chi connectivity index (χ2n) is 13.1. The molecule has 3 nitrogen and oxygen atoms in total. The normalized spacial score (nSPS) is 11.7. The summed E-state index contributed by atoms with van der Waals surface area (Å²) in [6, 6.07) is 66.1. The molecule has 3 heteroatoms. The Kier molecular flexibility index (Phi) is 6.40. The highest BCUT2D eigenvalue weighted by atomic mass is 15.1. The fourth-order valence-corrected chi connectivity index (χ4v) is 7.97. The van der Waals surface area contributed by atoms with Crippen LogP contribution in [0.2, 0.25) is 0 Å². The van der Waals surface area contributed by atoms with Crippen molar-refractivity contribution in [2.75, 3.05) is 4.90 Å². The van der Waals surface area contributed by atoms with Crippen LogP contribution in [-0.4, -0.2) is 9.13 Å².